The third kappa shape index (κ3) is 4.02. The van der Waals surface area contributed by atoms with E-state index in [1.807, 2.05) is 6.07 Å². The molecule has 9 heteroatoms. The number of benzene rings is 1. The van der Waals surface area contributed by atoms with E-state index < -0.39 is 23.8 Å². The lowest BCUT2D eigenvalue weighted by molar-refractivity contribution is -0.143. The fraction of sp³-hybridized carbons (Fsp3) is 0.565. The molecule has 3 heterocycles. The monoisotopic (exact) mass is 440 g/mol. The second-order valence-corrected chi connectivity index (χ2v) is 9.06. The Bertz CT molecular complexity index is 952. The second-order valence-electron chi connectivity index (χ2n) is 9.06. The van der Waals surface area contributed by atoms with Crippen LogP contribution in [0.1, 0.15) is 54.4 Å². The minimum atomic E-state index is -0.933. The van der Waals surface area contributed by atoms with Crippen molar-refractivity contribution in [3.05, 3.63) is 29.3 Å². The third-order valence-corrected chi connectivity index (χ3v) is 6.87. The van der Waals surface area contributed by atoms with Crippen LogP contribution in [0.15, 0.2) is 18.2 Å². The first kappa shape index (κ1) is 21.1. The van der Waals surface area contributed by atoms with Gasteiger partial charge >= 0.3 is 0 Å². The smallest absolute Gasteiger partial charge is 0.261 e. The van der Waals surface area contributed by atoms with Gasteiger partial charge in [0.05, 0.1) is 18.6 Å². The predicted molar refractivity (Wildman–Crippen MR) is 115 cm³/mol. The maximum atomic E-state index is 13.1. The molecule has 9 nitrogen and oxygen atoms in total. The van der Waals surface area contributed by atoms with Crippen molar-refractivity contribution in [3.63, 3.8) is 0 Å². The second kappa shape index (κ2) is 8.63. The van der Waals surface area contributed by atoms with Gasteiger partial charge in [0.2, 0.25) is 17.7 Å². The molecule has 32 heavy (non-hydrogen) atoms. The van der Waals surface area contributed by atoms with Gasteiger partial charge in [0, 0.05) is 23.7 Å². The number of fused-ring (bicyclic) bond motifs is 1. The zero-order chi connectivity index (χ0) is 22.2. The molecule has 1 unspecified atom stereocenters. The summed E-state index contributed by atoms with van der Waals surface area (Å²) in [5, 5.41) is 9.05. The summed E-state index contributed by atoms with van der Waals surface area (Å²) in [6, 6.07) is 4.68. The van der Waals surface area contributed by atoms with Crippen LogP contribution in [0.25, 0.3) is 0 Å². The van der Waals surface area contributed by atoms with Crippen molar-refractivity contribution < 1.29 is 23.9 Å². The molecule has 1 aromatic rings. The van der Waals surface area contributed by atoms with Gasteiger partial charge in [-0.3, -0.25) is 29.4 Å². The van der Waals surface area contributed by atoms with Gasteiger partial charge in [0.25, 0.3) is 5.91 Å². The van der Waals surface area contributed by atoms with Crippen molar-refractivity contribution in [2.24, 2.45) is 0 Å². The van der Waals surface area contributed by atoms with E-state index in [9.17, 15) is 19.2 Å². The quantitative estimate of drug-likeness (QED) is 0.578. The Morgan fingerprint density at radius 3 is 2.53 bits per heavy atom. The molecule has 4 aliphatic rings. The highest BCUT2D eigenvalue weighted by Gasteiger charge is 2.42. The van der Waals surface area contributed by atoms with Crippen molar-refractivity contribution in [1.29, 1.82) is 0 Å². The highest BCUT2D eigenvalue weighted by molar-refractivity contribution is 6.14. The lowest BCUT2D eigenvalue weighted by Gasteiger charge is -2.40. The fourth-order valence-electron chi connectivity index (χ4n) is 5.05. The zero-order valence-electron chi connectivity index (χ0n) is 17.9. The summed E-state index contributed by atoms with van der Waals surface area (Å²) in [5.41, 5.74) is 1.90. The minimum absolute atomic E-state index is 0.0453. The molecule has 170 valence electrons. The van der Waals surface area contributed by atoms with E-state index in [-0.39, 0.29) is 37.3 Å². The van der Waals surface area contributed by atoms with Gasteiger partial charge in [0.15, 0.2) is 0 Å². The number of hydrogen-bond donors (Lipinski definition) is 3. The summed E-state index contributed by atoms with van der Waals surface area (Å²) < 4.78 is 6.18. The Morgan fingerprint density at radius 2 is 1.78 bits per heavy atom. The Kier molecular flexibility index (Phi) is 5.69. The first-order chi connectivity index (χ1) is 15.5. The highest BCUT2D eigenvalue weighted by Crippen LogP contribution is 2.34. The van der Waals surface area contributed by atoms with Crippen LogP contribution in [0.5, 0.6) is 0 Å². The SMILES string of the molecule is O=C1CCC(N2C(=O)Cc3c(N[C@H]4C[C@H](OC5CCNCC5)C4)cccc3C2=O)C(=O)N1. The number of hydrogen-bond acceptors (Lipinski definition) is 7. The Morgan fingerprint density at radius 1 is 1.00 bits per heavy atom. The van der Waals surface area contributed by atoms with Crippen molar-refractivity contribution in [2.75, 3.05) is 18.4 Å². The number of imide groups is 2. The summed E-state index contributed by atoms with van der Waals surface area (Å²) in [6.45, 7) is 2.01. The zero-order valence-corrected chi connectivity index (χ0v) is 17.9. The van der Waals surface area contributed by atoms with Crippen molar-refractivity contribution in [2.45, 2.75) is 69.2 Å². The normalized spacial score (nSPS) is 28.8. The number of nitrogens with zero attached hydrogens (tertiary/aromatic N) is 1. The summed E-state index contributed by atoms with van der Waals surface area (Å²) in [6.07, 6.45) is 4.81. The van der Waals surface area contributed by atoms with Crippen LogP contribution in [0.2, 0.25) is 0 Å². The van der Waals surface area contributed by atoms with Gasteiger partial charge in [-0.15, -0.1) is 0 Å². The summed E-state index contributed by atoms with van der Waals surface area (Å²) in [4.78, 5) is 50.7. The van der Waals surface area contributed by atoms with Crippen LogP contribution in [-0.2, 0) is 25.5 Å². The Labute approximate surface area is 186 Å². The molecule has 1 aromatic carbocycles. The van der Waals surface area contributed by atoms with Gasteiger partial charge in [-0.25, -0.2) is 0 Å². The van der Waals surface area contributed by atoms with Gasteiger partial charge < -0.3 is 15.4 Å². The molecule has 1 aliphatic carbocycles. The van der Waals surface area contributed by atoms with Crippen LogP contribution in [-0.4, -0.2) is 65.9 Å². The molecular formula is C23H28N4O5. The van der Waals surface area contributed by atoms with E-state index in [0.717, 1.165) is 49.4 Å². The molecule has 4 amide bonds. The molecule has 0 spiro atoms. The van der Waals surface area contributed by atoms with E-state index >= 15 is 0 Å². The largest absolute Gasteiger partial charge is 0.382 e. The fourth-order valence-corrected chi connectivity index (χ4v) is 5.05. The topological polar surface area (TPSA) is 117 Å². The number of carbonyl (C=O) groups is 4. The van der Waals surface area contributed by atoms with Gasteiger partial charge in [-0.05, 0) is 62.9 Å². The lowest BCUT2D eigenvalue weighted by atomic mass is 9.87. The Hall–Kier alpha value is -2.78. The van der Waals surface area contributed by atoms with Crippen molar-refractivity contribution in [3.8, 4) is 0 Å². The molecule has 5 rings (SSSR count). The number of anilines is 1. The molecule has 0 aromatic heterocycles. The number of amides is 4. The van der Waals surface area contributed by atoms with Crippen LogP contribution in [0.4, 0.5) is 5.69 Å². The van der Waals surface area contributed by atoms with Gasteiger partial charge in [0.1, 0.15) is 6.04 Å². The highest BCUT2D eigenvalue weighted by atomic mass is 16.5. The molecule has 1 atom stereocenters. The van der Waals surface area contributed by atoms with E-state index in [4.69, 9.17) is 4.74 Å². The summed E-state index contributed by atoms with van der Waals surface area (Å²) >= 11 is 0. The van der Waals surface area contributed by atoms with Crippen LogP contribution < -0.4 is 16.0 Å². The molecule has 1 saturated carbocycles. The molecule has 2 saturated heterocycles. The van der Waals surface area contributed by atoms with Crippen LogP contribution in [0.3, 0.4) is 0 Å². The number of piperidine rings is 2. The van der Waals surface area contributed by atoms with Crippen molar-refractivity contribution in [1.82, 2.24) is 15.5 Å². The van der Waals surface area contributed by atoms with Crippen molar-refractivity contribution >= 4 is 29.3 Å². The van der Waals surface area contributed by atoms with E-state index in [1.165, 1.54) is 0 Å². The standard InChI is InChI=1S/C23H28N4O5/c28-20-5-4-19(22(30)26-20)27-21(29)12-17-16(23(27)31)2-1-3-18(17)25-13-10-15(11-13)32-14-6-8-24-9-7-14/h1-3,13-15,19,24-25H,4-12H2,(H,26,28,30)/t13-,15-,19?. The molecular weight excluding hydrogens is 412 g/mol. The first-order valence-corrected chi connectivity index (χ1v) is 11.4. The average molecular weight is 441 g/mol. The molecule has 3 aliphatic heterocycles. The average Bonchev–Trinajstić information content (AvgIpc) is 2.75. The number of nitrogens with one attached hydrogen (secondary N) is 3. The van der Waals surface area contributed by atoms with Gasteiger partial charge in [-0.1, -0.05) is 6.07 Å². The first-order valence-electron chi connectivity index (χ1n) is 11.4. The molecule has 0 radical (unpaired) electrons. The number of ether oxygens (including phenoxy) is 1. The molecule has 3 N–H and O–H groups in total. The molecule has 0 bridgehead atoms. The van der Waals surface area contributed by atoms with Crippen LogP contribution >= 0.6 is 0 Å². The van der Waals surface area contributed by atoms with E-state index in [2.05, 4.69) is 16.0 Å². The van der Waals surface area contributed by atoms with Crippen LogP contribution in [0, 0.1) is 0 Å². The number of carbonyl (C=O) groups excluding carboxylic acids is 4. The van der Waals surface area contributed by atoms with E-state index in [0.29, 0.717) is 17.2 Å². The third-order valence-electron chi connectivity index (χ3n) is 6.87. The minimum Gasteiger partial charge on any atom is -0.382 e. The number of rotatable bonds is 5. The Balaban J connectivity index is 1.25. The predicted octanol–water partition coefficient (Wildman–Crippen LogP) is 0.728. The summed E-state index contributed by atoms with van der Waals surface area (Å²) in [5.74, 6) is -1.85. The maximum absolute atomic E-state index is 13.1. The van der Waals surface area contributed by atoms with E-state index in [1.54, 1.807) is 12.1 Å². The lowest BCUT2D eigenvalue weighted by Crippen LogP contribution is -2.58. The maximum Gasteiger partial charge on any atom is 0.261 e. The summed E-state index contributed by atoms with van der Waals surface area (Å²) in [7, 11) is 0. The molecule has 3 fully saturated rings. The van der Waals surface area contributed by atoms with Gasteiger partial charge in [-0.2, -0.15) is 0 Å².